The molecule has 2 aromatic carbocycles. The summed E-state index contributed by atoms with van der Waals surface area (Å²) in [6, 6.07) is 9.54. The van der Waals surface area contributed by atoms with Crippen LogP contribution in [0.3, 0.4) is 0 Å². The number of sulfonamides is 1. The van der Waals surface area contributed by atoms with Crippen molar-refractivity contribution in [2.45, 2.75) is 56.3 Å². The Balaban J connectivity index is 1.56. The number of rotatable bonds is 5. The number of hydrogen-bond acceptors (Lipinski definition) is 3. The molecular weight excluding hydrogens is 441 g/mol. The number of carbonyl (C=O) groups is 1. The van der Waals surface area contributed by atoms with E-state index in [1.807, 2.05) is 13.8 Å². The molecular formula is C23H25F3N2O3S. The third-order valence-corrected chi connectivity index (χ3v) is 7.68. The monoisotopic (exact) mass is 466 g/mol. The van der Waals surface area contributed by atoms with E-state index in [1.54, 1.807) is 23.1 Å². The van der Waals surface area contributed by atoms with Crippen molar-refractivity contribution in [3.63, 3.8) is 0 Å². The van der Waals surface area contributed by atoms with E-state index in [4.69, 9.17) is 0 Å². The molecule has 1 amide bonds. The molecule has 1 N–H and O–H groups in total. The summed E-state index contributed by atoms with van der Waals surface area (Å²) in [5.41, 5.74) is 0.669. The number of nitrogens with one attached hydrogen (secondary N) is 1. The Bertz CT molecular complexity index is 1140. The van der Waals surface area contributed by atoms with Gasteiger partial charge in [-0.3, -0.25) is 4.79 Å². The second-order valence-electron chi connectivity index (χ2n) is 8.86. The van der Waals surface area contributed by atoms with Crippen LogP contribution in [0.25, 0.3) is 0 Å². The van der Waals surface area contributed by atoms with Crippen LogP contribution < -0.4 is 4.72 Å². The summed E-state index contributed by atoms with van der Waals surface area (Å²) >= 11 is 0. The smallest absolute Gasteiger partial charge is 0.338 e. The van der Waals surface area contributed by atoms with Gasteiger partial charge in [-0.1, -0.05) is 32.0 Å². The fourth-order valence-corrected chi connectivity index (χ4v) is 5.62. The molecule has 2 aromatic rings. The second-order valence-corrected chi connectivity index (χ2v) is 10.5. The Morgan fingerprint density at radius 3 is 2.28 bits per heavy atom. The normalized spacial score (nSPS) is 17.9. The van der Waals surface area contributed by atoms with Gasteiger partial charge in [0, 0.05) is 19.0 Å². The number of alkyl halides is 3. The predicted octanol–water partition coefficient (Wildman–Crippen LogP) is 4.21. The van der Waals surface area contributed by atoms with Crippen LogP contribution >= 0.6 is 0 Å². The Hall–Kier alpha value is -2.39. The molecule has 0 bridgehead atoms. The lowest BCUT2D eigenvalue weighted by Crippen LogP contribution is -2.38. The van der Waals surface area contributed by atoms with Crippen molar-refractivity contribution in [2.75, 3.05) is 6.54 Å². The highest BCUT2D eigenvalue weighted by Crippen LogP contribution is 2.47. The topological polar surface area (TPSA) is 66.5 Å². The summed E-state index contributed by atoms with van der Waals surface area (Å²) in [6.07, 6.45) is -2.75. The maximum atomic E-state index is 13.1. The molecule has 0 aromatic heterocycles. The van der Waals surface area contributed by atoms with Gasteiger partial charge in [-0.25, -0.2) is 13.1 Å². The summed E-state index contributed by atoms with van der Waals surface area (Å²) in [5.74, 6) is -0.107. The molecule has 1 saturated carbocycles. The molecule has 2 aliphatic rings. The van der Waals surface area contributed by atoms with E-state index >= 15 is 0 Å². The van der Waals surface area contributed by atoms with Crippen LogP contribution in [0.1, 0.15) is 48.9 Å². The van der Waals surface area contributed by atoms with Crippen LogP contribution in [0.4, 0.5) is 13.2 Å². The minimum Gasteiger partial charge on any atom is -0.338 e. The molecule has 1 heterocycles. The first-order chi connectivity index (χ1) is 14.9. The molecule has 9 heteroatoms. The van der Waals surface area contributed by atoms with Crippen LogP contribution in [0.15, 0.2) is 47.4 Å². The molecule has 1 aliphatic carbocycles. The second kappa shape index (κ2) is 7.88. The maximum absolute atomic E-state index is 13.1. The largest absolute Gasteiger partial charge is 0.416 e. The number of halogens is 3. The van der Waals surface area contributed by atoms with Gasteiger partial charge in [0.2, 0.25) is 15.9 Å². The van der Waals surface area contributed by atoms with E-state index in [0.717, 1.165) is 23.3 Å². The SMILES string of the molecule is CC(C)C(=O)N1CCc2ccc(S(=O)(=O)NC3(c4ccc(C(F)(F)F)cc4)CC3)cc2C1. The molecule has 1 aliphatic heterocycles. The maximum Gasteiger partial charge on any atom is 0.416 e. The Morgan fingerprint density at radius 2 is 1.72 bits per heavy atom. The van der Waals surface area contributed by atoms with Gasteiger partial charge in [0.25, 0.3) is 0 Å². The van der Waals surface area contributed by atoms with Gasteiger partial charge in [0.15, 0.2) is 0 Å². The van der Waals surface area contributed by atoms with E-state index in [-0.39, 0.29) is 16.7 Å². The summed E-state index contributed by atoms with van der Waals surface area (Å²) in [7, 11) is -3.91. The molecule has 0 atom stereocenters. The lowest BCUT2D eigenvalue weighted by atomic mass is 9.99. The molecule has 5 nitrogen and oxygen atoms in total. The fraction of sp³-hybridized carbons (Fsp3) is 0.435. The number of carbonyl (C=O) groups excluding carboxylic acids is 1. The number of fused-ring (bicyclic) bond motifs is 1. The highest BCUT2D eigenvalue weighted by Gasteiger charge is 2.48. The van der Waals surface area contributed by atoms with Gasteiger partial charge in [0.05, 0.1) is 16.0 Å². The van der Waals surface area contributed by atoms with Crippen molar-refractivity contribution >= 4 is 15.9 Å². The highest BCUT2D eigenvalue weighted by molar-refractivity contribution is 7.89. The zero-order valence-corrected chi connectivity index (χ0v) is 18.7. The number of hydrogen-bond donors (Lipinski definition) is 1. The molecule has 4 rings (SSSR count). The molecule has 172 valence electrons. The van der Waals surface area contributed by atoms with Gasteiger partial charge in [0.1, 0.15) is 0 Å². The van der Waals surface area contributed by atoms with Gasteiger partial charge in [-0.15, -0.1) is 0 Å². The van der Waals surface area contributed by atoms with E-state index in [1.165, 1.54) is 12.1 Å². The van der Waals surface area contributed by atoms with Crippen LogP contribution in [-0.4, -0.2) is 25.8 Å². The van der Waals surface area contributed by atoms with Crippen molar-refractivity contribution in [3.8, 4) is 0 Å². The van der Waals surface area contributed by atoms with E-state index in [2.05, 4.69) is 4.72 Å². The molecule has 0 spiro atoms. The summed E-state index contributed by atoms with van der Waals surface area (Å²) < 4.78 is 67.5. The van der Waals surface area contributed by atoms with Crippen molar-refractivity contribution < 1.29 is 26.4 Å². The Morgan fingerprint density at radius 1 is 1.06 bits per heavy atom. The minimum atomic E-state index is -4.44. The molecule has 32 heavy (non-hydrogen) atoms. The molecule has 0 saturated heterocycles. The fourth-order valence-electron chi connectivity index (χ4n) is 4.12. The molecule has 0 unspecified atom stereocenters. The standard InChI is InChI=1S/C23H25F3N2O3S/c1-15(2)21(29)28-12-9-16-3-8-20(13-17(16)14-28)32(30,31)27-22(10-11-22)18-4-6-19(7-5-18)23(24,25)26/h3-8,13,15,27H,9-12,14H2,1-2H3. The molecule has 1 fully saturated rings. The Labute approximate surface area is 185 Å². The first-order valence-corrected chi connectivity index (χ1v) is 12.0. The van der Waals surface area contributed by atoms with Crippen LogP contribution in [-0.2, 0) is 39.5 Å². The first-order valence-electron chi connectivity index (χ1n) is 10.5. The number of benzene rings is 2. The van der Waals surface area contributed by atoms with Crippen LogP contribution in [0, 0.1) is 5.92 Å². The quantitative estimate of drug-likeness (QED) is 0.718. The zero-order chi connectivity index (χ0) is 23.3. The van der Waals surface area contributed by atoms with Gasteiger partial charge in [-0.05, 0) is 60.2 Å². The number of nitrogens with zero attached hydrogens (tertiary/aromatic N) is 1. The number of amides is 1. The van der Waals surface area contributed by atoms with Gasteiger partial charge >= 0.3 is 6.18 Å². The van der Waals surface area contributed by atoms with Crippen molar-refractivity contribution in [2.24, 2.45) is 5.92 Å². The average molecular weight is 467 g/mol. The van der Waals surface area contributed by atoms with E-state index in [0.29, 0.717) is 37.9 Å². The predicted molar refractivity (Wildman–Crippen MR) is 113 cm³/mol. The Kier molecular flexibility index (Phi) is 5.61. The van der Waals surface area contributed by atoms with Crippen LogP contribution in [0.5, 0.6) is 0 Å². The third-order valence-electron chi connectivity index (χ3n) is 6.15. The summed E-state index contributed by atoms with van der Waals surface area (Å²) in [5, 5.41) is 0. The molecule has 0 radical (unpaired) electrons. The van der Waals surface area contributed by atoms with Gasteiger partial charge in [-0.2, -0.15) is 13.2 Å². The van der Waals surface area contributed by atoms with Crippen molar-refractivity contribution in [3.05, 3.63) is 64.7 Å². The zero-order valence-electron chi connectivity index (χ0n) is 17.9. The highest BCUT2D eigenvalue weighted by atomic mass is 32.2. The first kappa shape index (κ1) is 22.8. The van der Waals surface area contributed by atoms with Crippen molar-refractivity contribution in [1.82, 2.24) is 9.62 Å². The third kappa shape index (κ3) is 4.41. The van der Waals surface area contributed by atoms with Gasteiger partial charge < -0.3 is 4.90 Å². The van der Waals surface area contributed by atoms with Crippen LogP contribution in [0.2, 0.25) is 0 Å². The lowest BCUT2D eigenvalue weighted by molar-refractivity contribution is -0.137. The summed E-state index contributed by atoms with van der Waals surface area (Å²) in [4.78, 5) is 14.2. The summed E-state index contributed by atoms with van der Waals surface area (Å²) in [6.45, 7) is 4.63. The van der Waals surface area contributed by atoms with E-state index in [9.17, 15) is 26.4 Å². The average Bonchev–Trinajstić information content (AvgIpc) is 3.51. The minimum absolute atomic E-state index is 0.0290. The van der Waals surface area contributed by atoms with Crippen molar-refractivity contribution in [1.29, 1.82) is 0 Å². The van der Waals surface area contributed by atoms with E-state index < -0.39 is 27.3 Å². The lowest BCUT2D eigenvalue weighted by Gasteiger charge is -2.30.